The van der Waals surface area contributed by atoms with E-state index in [1.165, 1.54) is 19.3 Å². The number of fused-ring (bicyclic) bond motifs is 2. The molecule has 2 N–H and O–H groups in total. The van der Waals surface area contributed by atoms with Gasteiger partial charge in [0.1, 0.15) is 5.75 Å². The summed E-state index contributed by atoms with van der Waals surface area (Å²) in [6.45, 7) is 5.28. The van der Waals surface area contributed by atoms with Crippen molar-refractivity contribution in [3.05, 3.63) is 53.1 Å². The van der Waals surface area contributed by atoms with Gasteiger partial charge in [-0.3, -0.25) is 15.1 Å². The molecule has 0 aromatic heterocycles. The molecule has 2 aliphatic rings. The fourth-order valence-corrected chi connectivity index (χ4v) is 4.65. The van der Waals surface area contributed by atoms with Gasteiger partial charge in [-0.1, -0.05) is 36.2 Å². The maximum Gasteiger partial charge on any atom is 0.341 e. The molecule has 0 radical (unpaired) electrons. The van der Waals surface area contributed by atoms with Crippen LogP contribution in [0.2, 0.25) is 5.02 Å². The second-order valence-electron chi connectivity index (χ2n) is 8.64. The van der Waals surface area contributed by atoms with Crippen molar-refractivity contribution in [3.63, 3.8) is 0 Å². The van der Waals surface area contributed by atoms with Gasteiger partial charge < -0.3 is 9.64 Å². The summed E-state index contributed by atoms with van der Waals surface area (Å²) in [7, 11) is 0. The third-order valence-electron chi connectivity index (χ3n) is 6.26. The molecule has 33 heavy (non-hydrogen) atoms. The molecule has 2 aliphatic heterocycles. The van der Waals surface area contributed by atoms with Crippen molar-refractivity contribution in [3.8, 4) is 11.5 Å². The van der Waals surface area contributed by atoms with Gasteiger partial charge in [0.2, 0.25) is 5.91 Å². The highest BCUT2D eigenvalue weighted by atomic mass is 35.5. The zero-order chi connectivity index (χ0) is 23.2. The molecule has 7 nitrogen and oxygen atoms in total. The number of anilines is 1. The van der Waals surface area contributed by atoms with E-state index in [9.17, 15) is 9.59 Å². The summed E-state index contributed by atoms with van der Waals surface area (Å²) < 4.78 is 6.08. The number of unbranched alkanes of at least 4 members (excludes halogenated alkanes) is 1. The van der Waals surface area contributed by atoms with Crippen molar-refractivity contribution >= 4 is 29.2 Å². The number of hydrogen-bond acceptors (Lipinski definition) is 4. The van der Waals surface area contributed by atoms with Crippen LogP contribution in [0.25, 0.3) is 0 Å². The van der Waals surface area contributed by atoms with Crippen molar-refractivity contribution in [2.45, 2.75) is 51.5 Å². The van der Waals surface area contributed by atoms with Crippen LogP contribution in [0, 0.1) is 0 Å². The third-order valence-corrected chi connectivity index (χ3v) is 6.50. The number of benzene rings is 2. The predicted molar refractivity (Wildman–Crippen MR) is 130 cm³/mol. The number of nitrogens with one attached hydrogen (secondary N) is 2. The van der Waals surface area contributed by atoms with Crippen molar-refractivity contribution in [1.29, 1.82) is 0 Å². The number of likely N-dealkylation sites (tertiary alicyclic amines) is 1. The number of hydrazine groups is 1. The molecule has 8 heteroatoms. The van der Waals surface area contributed by atoms with E-state index in [-0.39, 0.29) is 11.9 Å². The first-order valence-electron chi connectivity index (χ1n) is 11.7. The minimum Gasteiger partial charge on any atom is -0.455 e. The van der Waals surface area contributed by atoms with Crippen molar-refractivity contribution < 1.29 is 14.3 Å². The standard InChI is InChI=1S/C25H31ClN4O3/c1-18-20-13-12-19(26)17-23(20)33-22-10-4-3-9-21(22)30(18)25(32)28-27-24(31)11-5-8-16-29-14-6-2-7-15-29/h3-4,9-10,12-13,17-18H,2,5-8,11,14-16H2,1H3,(H,27,31)(H,28,32). The Morgan fingerprint density at radius 2 is 1.82 bits per heavy atom. The average molecular weight is 471 g/mol. The molecule has 3 amide bonds. The lowest BCUT2D eigenvalue weighted by atomic mass is 10.1. The summed E-state index contributed by atoms with van der Waals surface area (Å²) in [6.07, 6.45) is 6.02. The van der Waals surface area contributed by atoms with E-state index >= 15 is 0 Å². The molecule has 0 aliphatic carbocycles. The SMILES string of the molecule is CC1c2ccc(Cl)cc2Oc2ccccc2N1C(=O)NNC(=O)CCCCN1CCCCC1. The van der Waals surface area contributed by atoms with E-state index in [1.807, 2.05) is 31.2 Å². The van der Waals surface area contributed by atoms with Crippen LogP contribution in [0.3, 0.4) is 0 Å². The van der Waals surface area contributed by atoms with Gasteiger partial charge in [-0.15, -0.1) is 0 Å². The lowest BCUT2D eigenvalue weighted by Crippen LogP contribution is -2.49. The van der Waals surface area contributed by atoms with Crippen LogP contribution in [0.15, 0.2) is 42.5 Å². The number of urea groups is 1. The number of carbonyl (C=O) groups is 2. The lowest BCUT2D eigenvalue weighted by Gasteiger charge is -2.28. The number of carbonyl (C=O) groups excluding carboxylic acids is 2. The molecule has 2 aromatic rings. The normalized spacial score (nSPS) is 17.9. The first-order chi connectivity index (χ1) is 16.0. The van der Waals surface area contributed by atoms with Crippen LogP contribution in [0.5, 0.6) is 11.5 Å². The fourth-order valence-electron chi connectivity index (χ4n) is 4.49. The summed E-state index contributed by atoms with van der Waals surface area (Å²) in [5.41, 5.74) is 6.59. The smallest absolute Gasteiger partial charge is 0.341 e. The molecule has 1 unspecified atom stereocenters. The van der Waals surface area contributed by atoms with Crippen LogP contribution < -0.4 is 20.5 Å². The van der Waals surface area contributed by atoms with Gasteiger partial charge >= 0.3 is 6.03 Å². The predicted octanol–water partition coefficient (Wildman–Crippen LogP) is 5.41. The van der Waals surface area contributed by atoms with Gasteiger partial charge in [-0.2, -0.15) is 0 Å². The number of para-hydroxylation sites is 2. The lowest BCUT2D eigenvalue weighted by molar-refractivity contribution is -0.121. The topological polar surface area (TPSA) is 73.9 Å². The highest BCUT2D eigenvalue weighted by molar-refractivity contribution is 6.30. The quantitative estimate of drug-likeness (QED) is 0.452. The summed E-state index contributed by atoms with van der Waals surface area (Å²) in [6, 6.07) is 11.9. The Bertz CT molecular complexity index is 993. The number of halogens is 1. The monoisotopic (exact) mass is 470 g/mol. The number of ether oxygens (including phenoxy) is 1. The maximum absolute atomic E-state index is 13.2. The van der Waals surface area contributed by atoms with Crippen molar-refractivity contribution in [1.82, 2.24) is 15.8 Å². The number of hydrogen-bond donors (Lipinski definition) is 2. The van der Waals surface area contributed by atoms with E-state index in [2.05, 4.69) is 15.8 Å². The Morgan fingerprint density at radius 1 is 1.03 bits per heavy atom. The third kappa shape index (κ3) is 5.78. The molecular weight excluding hydrogens is 440 g/mol. The zero-order valence-corrected chi connectivity index (χ0v) is 19.7. The molecule has 0 bridgehead atoms. The first-order valence-corrected chi connectivity index (χ1v) is 12.1. The Labute approximate surface area is 200 Å². The van der Waals surface area contributed by atoms with Gasteiger partial charge in [0, 0.05) is 17.0 Å². The summed E-state index contributed by atoms with van der Waals surface area (Å²) in [4.78, 5) is 29.5. The molecule has 1 fully saturated rings. The Kier molecular flexibility index (Phi) is 7.73. The summed E-state index contributed by atoms with van der Waals surface area (Å²) >= 11 is 6.16. The van der Waals surface area contributed by atoms with Gasteiger partial charge in [-0.25, -0.2) is 10.2 Å². The minimum absolute atomic E-state index is 0.193. The van der Waals surface area contributed by atoms with Crippen LogP contribution in [-0.4, -0.2) is 36.5 Å². The Morgan fingerprint density at radius 3 is 2.64 bits per heavy atom. The summed E-state index contributed by atoms with van der Waals surface area (Å²) in [5, 5.41) is 0.559. The van der Waals surface area contributed by atoms with E-state index in [0.29, 0.717) is 28.6 Å². The number of nitrogens with zero attached hydrogens (tertiary/aromatic N) is 2. The van der Waals surface area contributed by atoms with Crippen LogP contribution >= 0.6 is 11.6 Å². The second-order valence-corrected chi connectivity index (χ2v) is 9.07. The average Bonchev–Trinajstić information content (AvgIpc) is 2.94. The molecule has 4 rings (SSSR count). The number of piperidine rings is 1. The molecule has 2 heterocycles. The number of amides is 3. The molecule has 0 spiro atoms. The molecule has 0 saturated carbocycles. The maximum atomic E-state index is 13.2. The van der Waals surface area contributed by atoms with Crippen molar-refractivity contribution in [2.75, 3.05) is 24.5 Å². The number of rotatable bonds is 5. The zero-order valence-electron chi connectivity index (χ0n) is 19.0. The highest BCUT2D eigenvalue weighted by Gasteiger charge is 2.31. The Hall–Kier alpha value is -2.77. The van der Waals surface area contributed by atoms with Crippen molar-refractivity contribution in [2.24, 2.45) is 0 Å². The van der Waals surface area contributed by atoms with Gasteiger partial charge in [-0.05, 0) is 76.5 Å². The van der Waals surface area contributed by atoms with E-state index < -0.39 is 6.03 Å². The fraction of sp³-hybridized carbons (Fsp3) is 0.440. The molecule has 2 aromatic carbocycles. The van der Waals surface area contributed by atoms with E-state index in [1.54, 1.807) is 23.1 Å². The van der Waals surface area contributed by atoms with E-state index in [0.717, 1.165) is 38.0 Å². The van der Waals surface area contributed by atoms with Crippen LogP contribution in [-0.2, 0) is 4.79 Å². The largest absolute Gasteiger partial charge is 0.455 e. The van der Waals surface area contributed by atoms with E-state index in [4.69, 9.17) is 16.3 Å². The summed E-state index contributed by atoms with van der Waals surface area (Å²) in [5.74, 6) is 0.959. The second kappa shape index (κ2) is 10.9. The minimum atomic E-state index is -0.428. The Balaban J connectivity index is 1.35. The van der Waals surface area contributed by atoms with Gasteiger partial charge in [0.05, 0.1) is 11.7 Å². The van der Waals surface area contributed by atoms with Gasteiger partial charge in [0.15, 0.2) is 5.75 Å². The highest BCUT2D eigenvalue weighted by Crippen LogP contribution is 2.44. The molecule has 1 atom stereocenters. The molecule has 176 valence electrons. The molecule has 1 saturated heterocycles. The van der Waals surface area contributed by atoms with Crippen LogP contribution in [0.4, 0.5) is 10.5 Å². The first kappa shape index (κ1) is 23.4. The van der Waals surface area contributed by atoms with Crippen LogP contribution in [0.1, 0.15) is 57.1 Å². The molecular formula is C25H31ClN4O3. The van der Waals surface area contributed by atoms with Gasteiger partial charge in [0.25, 0.3) is 0 Å².